The zero-order chi connectivity index (χ0) is 15.6. The molecule has 0 saturated carbocycles. The van der Waals surface area contributed by atoms with Crippen molar-refractivity contribution in [3.63, 3.8) is 0 Å². The number of benzene rings is 1. The van der Waals surface area contributed by atoms with E-state index in [0.717, 1.165) is 9.87 Å². The number of β-amino-alcohol motifs (C(OH)–C–C–N with tert-alkyl or cyclic N) is 1. The molecule has 0 aromatic heterocycles. The molecule has 1 saturated heterocycles. The Morgan fingerprint density at radius 2 is 2.00 bits per heavy atom. The summed E-state index contributed by atoms with van der Waals surface area (Å²) in [7, 11) is -3.74. The summed E-state index contributed by atoms with van der Waals surface area (Å²) in [5.74, 6) is -1.64. The topological polar surface area (TPSA) is 94.9 Å². The van der Waals surface area contributed by atoms with Crippen LogP contribution in [0.5, 0.6) is 0 Å². The van der Waals surface area contributed by atoms with Crippen molar-refractivity contribution in [3.8, 4) is 0 Å². The molecule has 7 heteroatoms. The highest BCUT2D eigenvalue weighted by Crippen LogP contribution is 2.25. The highest BCUT2D eigenvalue weighted by molar-refractivity contribution is 7.89. The van der Waals surface area contributed by atoms with E-state index in [1.165, 1.54) is 0 Å². The number of sulfonamides is 1. The Morgan fingerprint density at radius 3 is 2.57 bits per heavy atom. The number of carboxylic acid groups (broad SMARTS) is 1. The molecule has 6 nitrogen and oxygen atoms in total. The van der Waals surface area contributed by atoms with Gasteiger partial charge in [0.15, 0.2) is 0 Å². The second-order valence-electron chi connectivity index (χ2n) is 5.40. The highest BCUT2D eigenvalue weighted by Gasteiger charge is 2.43. The number of aliphatic carboxylic acids is 1. The van der Waals surface area contributed by atoms with Crippen molar-refractivity contribution in [1.29, 1.82) is 0 Å². The van der Waals surface area contributed by atoms with E-state index >= 15 is 0 Å². The van der Waals surface area contributed by atoms with Gasteiger partial charge in [0.2, 0.25) is 10.0 Å². The first-order valence-electron chi connectivity index (χ1n) is 6.76. The second-order valence-corrected chi connectivity index (χ2v) is 7.37. The van der Waals surface area contributed by atoms with Gasteiger partial charge in [0.25, 0.3) is 0 Å². The first-order chi connectivity index (χ1) is 9.81. The Morgan fingerprint density at radius 1 is 1.38 bits per heavy atom. The Balaban J connectivity index is 2.16. The van der Waals surface area contributed by atoms with Gasteiger partial charge in [0, 0.05) is 13.0 Å². The van der Waals surface area contributed by atoms with Crippen LogP contribution in [0.25, 0.3) is 0 Å². The van der Waals surface area contributed by atoms with E-state index in [2.05, 4.69) is 0 Å². The fourth-order valence-electron chi connectivity index (χ4n) is 2.61. The molecule has 0 spiro atoms. The predicted molar refractivity (Wildman–Crippen MR) is 77.4 cm³/mol. The lowest BCUT2D eigenvalue weighted by Gasteiger charge is -2.23. The van der Waals surface area contributed by atoms with Crippen LogP contribution < -0.4 is 0 Å². The maximum atomic E-state index is 12.4. The SMILES string of the molecule is CC(CS(=O)(=O)N1C[C@H](O)C[C@@H]1C(=O)O)c1ccccc1. The lowest BCUT2D eigenvalue weighted by atomic mass is 10.0. The fourth-order valence-corrected chi connectivity index (χ4v) is 4.58. The number of carboxylic acids is 1. The smallest absolute Gasteiger partial charge is 0.322 e. The number of hydrogen-bond donors (Lipinski definition) is 2. The molecule has 1 aliphatic rings. The first kappa shape index (κ1) is 15.9. The molecule has 0 amide bonds. The average molecular weight is 313 g/mol. The van der Waals surface area contributed by atoms with Gasteiger partial charge in [-0.15, -0.1) is 0 Å². The monoisotopic (exact) mass is 313 g/mol. The normalized spacial score (nSPS) is 24.9. The summed E-state index contributed by atoms with van der Waals surface area (Å²) in [6.45, 7) is 1.63. The minimum absolute atomic E-state index is 0.0612. The zero-order valence-corrected chi connectivity index (χ0v) is 12.5. The van der Waals surface area contributed by atoms with Crippen LogP contribution in [-0.2, 0) is 14.8 Å². The average Bonchev–Trinajstić information content (AvgIpc) is 2.82. The van der Waals surface area contributed by atoms with Crippen LogP contribution in [0.15, 0.2) is 30.3 Å². The van der Waals surface area contributed by atoms with Crippen molar-refractivity contribution in [2.75, 3.05) is 12.3 Å². The first-order valence-corrected chi connectivity index (χ1v) is 8.37. The van der Waals surface area contributed by atoms with Crippen molar-refractivity contribution < 1.29 is 23.4 Å². The third-order valence-electron chi connectivity index (χ3n) is 3.71. The summed E-state index contributed by atoms with van der Waals surface area (Å²) in [4.78, 5) is 11.1. The fraction of sp³-hybridized carbons (Fsp3) is 0.500. The predicted octanol–water partition coefficient (Wildman–Crippen LogP) is 0.640. The number of rotatable bonds is 5. The molecule has 1 aliphatic heterocycles. The summed E-state index contributed by atoms with van der Waals surface area (Å²) in [6, 6.07) is 8.02. The van der Waals surface area contributed by atoms with Crippen LogP contribution in [-0.4, -0.2) is 53.3 Å². The van der Waals surface area contributed by atoms with Gasteiger partial charge in [-0.1, -0.05) is 37.3 Å². The van der Waals surface area contributed by atoms with Crippen molar-refractivity contribution in [2.45, 2.75) is 31.4 Å². The molecular formula is C14H19NO5S. The van der Waals surface area contributed by atoms with Gasteiger partial charge in [-0.25, -0.2) is 8.42 Å². The van der Waals surface area contributed by atoms with Crippen molar-refractivity contribution >= 4 is 16.0 Å². The van der Waals surface area contributed by atoms with Crippen LogP contribution >= 0.6 is 0 Å². The third-order valence-corrected chi connectivity index (χ3v) is 5.74. The Bertz CT molecular complexity index is 601. The van der Waals surface area contributed by atoms with Crippen LogP contribution in [0.4, 0.5) is 0 Å². The lowest BCUT2D eigenvalue weighted by molar-refractivity contribution is -0.140. The standard InChI is InChI=1S/C14H19NO5S/c1-10(11-5-3-2-4-6-11)9-21(19,20)15-8-12(16)7-13(15)14(17)18/h2-6,10,12-13,16H,7-9H2,1H3,(H,17,18)/t10?,12-,13-/m1/s1. The van der Waals surface area contributed by atoms with Crippen LogP contribution in [0, 0.1) is 0 Å². The van der Waals surface area contributed by atoms with E-state index in [1.54, 1.807) is 6.92 Å². The Kier molecular flexibility index (Phi) is 4.65. The van der Waals surface area contributed by atoms with Gasteiger partial charge >= 0.3 is 5.97 Å². The summed E-state index contributed by atoms with van der Waals surface area (Å²) in [6.07, 6.45) is -0.984. The molecule has 0 radical (unpaired) electrons. The summed E-state index contributed by atoms with van der Waals surface area (Å²) in [5, 5.41) is 18.7. The molecule has 1 heterocycles. The van der Waals surface area contributed by atoms with Crippen LogP contribution in [0.1, 0.15) is 24.8 Å². The third kappa shape index (κ3) is 3.61. The number of aliphatic hydroxyl groups is 1. The molecular weight excluding hydrogens is 294 g/mol. The second kappa shape index (κ2) is 6.13. The maximum Gasteiger partial charge on any atom is 0.322 e. The summed E-state index contributed by atoms with van der Waals surface area (Å²) in [5.41, 5.74) is 0.882. The quantitative estimate of drug-likeness (QED) is 0.832. The van der Waals surface area contributed by atoms with E-state index in [0.29, 0.717) is 0 Å². The van der Waals surface area contributed by atoms with E-state index in [9.17, 15) is 18.3 Å². The van der Waals surface area contributed by atoms with Crippen LogP contribution in [0.2, 0.25) is 0 Å². The number of aliphatic hydroxyl groups excluding tert-OH is 1. The molecule has 3 atom stereocenters. The highest BCUT2D eigenvalue weighted by atomic mass is 32.2. The molecule has 2 N–H and O–H groups in total. The van der Waals surface area contributed by atoms with E-state index in [-0.39, 0.29) is 24.6 Å². The summed E-state index contributed by atoms with van der Waals surface area (Å²) < 4.78 is 25.8. The number of hydrogen-bond acceptors (Lipinski definition) is 4. The molecule has 1 aromatic carbocycles. The molecule has 21 heavy (non-hydrogen) atoms. The van der Waals surface area contributed by atoms with Crippen molar-refractivity contribution in [3.05, 3.63) is 35.9 Å². The molecule has 2 rings (SSSR count). The number of nitrogens with zero attached hydrogens (tertiary/aromatic N) is 1. The van der Waals surface area contributed by atoms with Crippen LogP contribution in [0.3, 0.4) is 0 Å². The van der Waals surface area contributed by atoms with Gasteiger partial charge in [-0.05, 0) is 11.5 Å². The molecule has 1 unspecified atom stereocenters. The Labute approximate surface area is 124 Å². The number of carbonyl (C=O) groups is 1. The van der Waals surface area contributed by atoms with E-state index < -0.39 is 28.1 Å². The minimum atomic E-state index is -3.74. The van der Waals surface area contributed by atoms with Gasteiger partial charge < -0.3 is 10.2 Å². The van der Waals surface area contributed by atoms with Gasteiger partial charge in [0.05, 0.1) is 11.9 Å². The van der Waals surface area contributed by atoms with Crippen molar-refractivity contribution in [1.82, 2.24) is 4.31 Å². The maximum absolute atomic E-state index is 12.4. The van der Waals surface area contributed by atoms with Gasteiger partial charge in [-0.2, -0.15) is 4.31 Å². The largest absolute Gasteiger partial charge is 0.480 e. The molecule has 1 fully saturated rings. The summed E-state index contributed by atoms with van der Waals surface area (Å²) >= 11 is 0. The minimum Gasteiger partial charge on any atom is -0.480 e. The van der Waals surface area contributed by atoms with Gasteiger partial charge in [0.1, 0.15) is 6.04 Å². The molecule has 0 bridgehead atoms. The molecule has 1 aromatic rings. The zero-order valence-electron chi connectivity index (χ0n) is 11.7. The Hall–Kier alpha value is -1.44. The molecule has 0 aliphatic carbocycles. The lowest BCUT2D eigenvalue weighted by Crippen LogP contribution is -2.42. The van der Waals surface area contributed by atoms with Crippen molar-refractivity contribution in [2.24, 2.45) is 0 Å². The van der Waals surface area contributed by atoms with E-state index in [4.69, 9.17) is 5.11 Å². The molecule has 116 valence electrons. The van der Waals surface area contributed by atoms with E-state index in [1.807, 2.05) is 30.3 Å². The van der Waals surface area contributed by atoms with Gasteiger partial charge in [-0.3, -0.25) is 4.79 Å².